The largest absolute Gasteiger partial charge is 0.481 e. The number of carbonyl (C=O) groups excluding carboxylic acids is 1. The highest BCUT2D eigenvalue weighted by Crippen LogP contribution is 2.38. The van der Waals surface area contributed by atoms with E-state index in [1.165, 1.54) is 0 Å². The first-order valence-electron chi connectivity index (χ1n) is 22.1. The van der Waals surface area contributed by atoms with Crippen molar-refractivity contribution in [3.05, 3.63) is 85.1 Å². The fourth-order valence-electron chi connectivity index (χ4n) is 7.85. The van der Waals surface area contributed by atoms with Gasteiger partial charge in [-0.3, -0.25) is 9.59 Å². The number of carboxylic acids is 1. The highest BCUT2D eigenvalue weighted by molar-refractivity contribution is 5.71. The van der Waals surface area contributed by atoms with Gasteiger partial charge >= 0.3 is 11.9 Å². The van der Waals surface area contributed by atoms with Crippen LogP contribution < -0.4 is 0 Å². The second-order valence-electron chi connectivity index (χ2n) is 17.4. The van der Waals surface area contributed by atoms with E-state index in [4.69, 9.17) is 18.9 Å². The lowest BCUT2D eigenvalue weighted by molar-refractivity contribution is -0.307. The maximum Gasteiger partial charge on any atom is 0.311 e. The van der Waals surface area contributed by atoms with Crippen LogP contribution in [0, 0.1) is 17.8 Å². The molecule has 0 aliphatic carbocycles. The van der Waals surface area contributed by atoms with Crippen LogP contribution in [0.3, 0.4) is 0 Å². The van der Waals surface area contributed by atoms with Gasteiger partial charge in [0.1, 0.15) is 18.1 Å². The van der Waals surface area contributed by atoms with Gasteiger partial charge in [-0.15, -0.1) is 0 Å². The summed E-state index contributed by atoms with van der Waals surface area (Å²) in [6, 6.07) is 0. The number of aliphatic hydroxyl groups is 10. The fourth-order valence-corrected chi connectivity index (χ4v) is 7.85. The smallest absolute Gasteiger partial charge is 0.311 e. The quantitative estimate of drug-likeness (QED) is 0.180. The first kappa shape index (κ1) is 54.9. The Balaban J connectivity index is 1.84. The van der Waals surface area contributed by atoms with E-state index < -0.39 is 141 Å². The van der Waals surface area contributed by atoms with Crippen molar-refractivity contribution in [2.24, 2.45) is 17.8 Å². The number of cyclic esters (lactones) is 1. The highest BCUT2D eigenvalue weighted by Gasteiger charge is 2.50. The maximum atomic E-state index is 12.6. The molecule has 17 heteroatoms. The molecule has 17 nitrogen and oxygen atoms in total. The summed E-state index contributed by atoms with van der Waals surface area (Å²) < 4.78 is 23.2. The van der Waals surface area contributed by atoms with Crippen molar-refractivity contribution in [1.82, 2.24) is 0 Å². The Morgan fingerprint density at radius 1 is 0.625 bits per heavy atom. The van der Waals surface area contributed by atoms with Crippen LogP contribution in [0.5, 0.6) is 0 Å². The number of hydrogen-bond acceptors (Lipinski definition) is 16. The number of esters is 1. The minimum absolute atomic E-state index is 0.0532. The number of allylic oxidation sites excluding steroid dienone is 12. The van der Waals surface area contributed by atoms with Gasteiger partial charge in [-0.2, -0.15) is 0 Å². The number of rotatable bonds is 3. The Bertz CT molecular complexity index is 1630. The minimum atomic E-state index is -2.30. The van der Waals surface area contributed by atoms with Gasteiger partial charge in [0.05, 0.1) is 73.6 Å². The van der Waals surface area contributed by atoms with Crippen molar-refractivity contribution in [3.63, 3.8) is 0 Å². The number of ether oxygens (including phenoxy) is 4. The number of fused-ring (bicyclic) bond motifs is 2. The van der Waals surface area contributed by atoms with Crippen molar-refractivity contribution in [3.8, 4) is 0 Å². The molecule has 3 rings (SSSR count). The van der Waals surface area contributed by atoms with E-state index in [2.05, 4.69) is 0 Å². The predicted octanol–water partition coefficient (Wildman–Crippen LogP) is 1.77. The van der Waals surface area contributed by atoms with Crippen LogP contribution in [-0.4, -0.2) is 160 Å². The molecule has 2 saturated heterocycles. The van der Waals surface area contributed by atoms with Crippen molar-refractivity contribution >= 4 is 11.9 Å². The molecule has 2 bridgehead atoms. The molecule has 3 aliphatic heterocycles. The van der Waals surface area contributed by atoms with Crippen molar-refractivity contribution in [1.29, 1.82) is 0 Å². The maximum absolute atomic E-state index is 12.6. The number of carboxylic acid groups (broad SMARTS) is 1. The molecule has 2 fully saturated rings. The van der Waals surface area contributed by atoms with Crippen molar-refractivity contribution < 1.29 is 84.7 Å². The Labute approximate surface area is 375 Å². The second-order valence-corrected chi connectivity index (χ2v) is 17.4. The van der Waals surface area contributed by atoms with Crippen LogP contribution in [-0.2, 0) is 28.5 Å². The van der Waals surface area contributed by atoms with Gasteiger partial charge in [0.25, 0.3) is 0 Å². The summed E-state index contributed by atoms with van der Waals surface area (Å²) in [6.45, 7) is 6.82. The highest BCUT2D eigenvalue weighted by atomic mass is 16.7. The molecular weight excluding hydrogens is 837 g/mol. The summed E-state index contributed by atoms with van der Waals surface area (Å²) in [5.41, 5.74) is 0. The van der Waals surface area contributed by atoms with Crippen LogP contribution in [0.4, 0.5) is 0 Å². The standard InChI is InChI=1S/C47H72O17/c1-28-17-15-13-11-9-7-5-6-8-10-12-14-16-18-35(63-46-39(54)25-37(52)31(4)62-46)24-41-43(45(58)59)40(55)27-47(60,64-41)26-34(50)22-38(53)36(51)20-19-32(48)21-33(49)23-42(56)61-30(3)29(2)44(28)57/h5-18,28-41,43-44,46,48-55,57,60H,19-27H2,1-4H3,(H,58,59)/b6-5+,9-7+,10-8+,13-11+,14-12+,17-15+,18-16+/t28-,29-,30-,31?,32+,33+,34-,35-,36+,37?,38+,39?,40-,41-,43+,44+,46?,47+/m0/s1. The summed E-state index contributed by atoms with van der Waals surface area (Å²) in [5, 5.41) is 118. The summed E-state index contributed by atoms with van der Waals surface area (Å²) in [5.74, 6) is -6.74. The van der Waals surface area contributed by atoms with E-state index in [1.54, 1.807) is 75.5 Å². The van der Waals surface area contributed by atoms with Gasteiger partial charge < -0.3 is 75.1 Å². The molecular formula is C47H72O17. The van der Waals surface area contributed by atoms with E-state index in [9.17, 15) is 65.8 Å². The molecule has 0 radical (unpaired) electrons. The number of carbonyl (C=O) groups is 2. The lowest BCUT2D eigenvalue weighted by Gasteiger charge is -2.45. The molecule has 4 unspecified atom stereocenters. The van der Waals surface area contributed by atoms with Crippen LogP contribution >= 0.6 is 0 Å². The Hall–Kier alpha value is -3.40. The number of hydrogen-bond donors (Lipinski definition) is 11. The van der Waals surface area contributed by atoms with Gasteiger partial charge in [-0.25, -0.2) is 0 Å². The molecule has 3 aliphatic rings. The summed E-state index contributed by atoms with van der Waals surface area (Å²) in [4.78, 5) is 25.0. The third-order valence-corrected chi connectivity index (χ3v) is 11.8. The predicted molar refractivity (Wildman–Crippen MR) is 234 cm³/mol. The van der Waals surface area contributed by atoms with E-state index in [-0.39, 0.29) is 38.0 Å². The van der Waals surface area contributed by atoms with Gasteiger partial charge in [0.15, 0.2) is 12.1 Å². The van der Waals surface area contributed by atoms with E-state index in [0.717, 1.165) is 0 Å². The van der Waals surface area contributed by atoms with Gasteiger partial charge in [-0.05, 0) is 33.1 Å². The van der Waals surface area contributed by atoms with Crippen LogP contribution in [0.15, 0.2) is 85.1 Å². The summed E-state index contributed by atoms with van der Waals surface area (Å²) >= 11 is 0. The van der Waals surface area contributed by atoms with Gasteiger partial charge in [-0.1, -0.05) is 98.9 Å². The molecule has 3 heterocycles. The average molecular weight is 909 g/mol. The monoisotopic (exact) mass is 908 g/mol. The molecule has 362 valence electrons. The Morgan fingerprint density at radius 2 is 1.20 bits per heavy atom. The van der Waals surface area contributed by atoms with E-state index in [0.29, 0.717) is 0 Å². The topological polar surface area (TPSA) is 294 Å². The van der Waals surface area contributed by atoms with Gasteiger partial charge in [0, 0.05) is 43.9 Å². The Morgan fingerprint density at radius 3 is 1.80 bits per heavy atom. The molecule has 0 aromatic carbocycles. The zero-order valence-corrected chi connectivity index (χ0v) is 37.1. The molecule has 0 aromatic heterocycles. The number of aliphatic hydroxyl groups excluding tert-OH is 9. The molecule has 18 atom stereocenters. The number of aliphatic carboxylic acids is 1. The SMILES string of the molecule is CC1OC(O[C@H]2/C=C/C=C/C=C/C=C/C=C/C=C/C=C/[C@H](C)[C@@H](O)[C@@H](C)[C@H](C)OC(=O)C[C@H](O)C[C@H](O)CC[C@@H](O)[C@H](O)C[C@H](O)C[C@]3(O)C[C@H](O)[C@@H](C(=O)O)[C@H](C2)O3)C(O)CC1O. The normalized spacial score (nSPS) is 44.8. The first-order valence-corrected chi connectivity index (χ1v) is 22.1. The average Bonchev–Trinajstić information content (AvgIpc) is 3.19. The molecule has 11 N–H and O–H groups in total. The summed E-state index contributed by atoms with van der Waals surface area (Å²) in [6.07, 6.45) is 4.72. The van der Waals surface area contributed by atoms with Crippen molar-refractivity contribution in [2.45, 2.75) is 177 Å². The third-order valence-electron chi connectivity index (χ3n) is 11.8. The second kappa shape index (κ2) is 27.3. The lowest BCUT2D eigenvalue weighted by atomic mass is 9.82. The van der Waals surface area contributed by atoms with Gasteiger partial charge in [0.2, 0.25) is 0 Å². The molecule has 64 heavy (non-hydrogen) atoms. The molecule has 0 aromatic rings. The van der Waals surface area contributed by atoms with Crippen LogP contribution in [0.1, 0.15) is 85.5 Å². The zero-order chi connectivity index (χ0) is 47.6. The third kappa shape index (κ3) is 18.8. The minimum Gasteiger partial charge on any atom is -0.481 e. The lowest BCUT2D eigenvalue weighted by Crippen LogP contribution is -2.56. The van der Waals surface area contributed by atoms with Crippen LogP contribution in [0.2, 0.25) is 0 Å². The van der Waals surface area contributed by atoms with Crippen LogP contribution in [0.25, 0.3) is 0 Å². The van der Waals surface area contributed by atoms with E-state index >= 15 is 0 Å². The molecule has 0 spiro atoms. The summed E-state index contributed by atoms with van der Waals surface area (Å²) in [7, 11) is 0. The molecule has 0 amide bonds. The molecule has 0 saturated carbocycles. The Kier molecular flexibility index (Phi) is 23.4. The zero-order valence-electron chi connectivity index (χ0n) is 37.1. The fraction of sp³-hybridized carbons (Fsp3) is 0.660. The van der Waals surface area contributed by atoms with E-state index in [1.807, 2.05) is 37.3 Å². The first-order chi connectivity index (χ1) is 30.2. The van der Waals surface area contributed by atoms with Crippen molar-refractivity contribution in [2.75, 3.05) is 0 Å².